The van der Waals surface area contributed by atoms with Crippen LogP contribution in [0.5, 0.6) is 0 Å². The summed E-state index contributed by atoms with van der Waals surface area (Å²) in [5.74, 6) is 0.932. The summed E-state index contributed by atoms with van der Waals surface area (Å²) in [7, 11) is 4.54. The highest BCUT2D eigenvalue weighted by Crippen LogP contribution is 2.15. The Morgan fingerprint density at radius 1 is 1.30 bits per heavy atom. The molecule has 20 heavy (non-hydrogen) atoms. The SMILES string of the molecule is CN(Cc1ccco1)c1c(C=O)c(=O)n(C)c(=O)n1C. The lowest BCUT2D eigenvalue weighted by Crippen LogP contribution is -2.42. The zero-order valence-electron chi connectivity index (χ0n) is 11.5. The molecule has 0 saturated heterocycles. The van der Waals surface area contributed by atoms with Crippen molar-refractivity contribution in [1.82, 2.24) is 9.13 Å². The van der Waals surface area contributed by atoms with Crippen molar-refractivity contribution in [2.75, 3.05) is 11.9 Å². The number of furan rings is 1. The van der Waals surface area contributed by atoms with E-state index in [1.807, 2.05) is 0 Å². The third-order valence-corrected chi connectivity index (χ3v) is 3.12. The summed E-state index contributed by atoms with van der Waals surface area (Å²) in [6.45, 7) is 0.342. The topological polar surface area (TPSA) is 77.5 Å². The van der Waals surface area contributed by atoms with Crippen LogP contribution < -0.4 is 16.1 Å². The van der Waals surface area contributed by atoms with E-state index in [2.05, 4.69) is 0 Å². The van der Waals surface area contributed by atoms with E-state index in [-0.39, 0.29) is 11.4 Å². The molecule has 106 valence electrons. The van der Waals surface area contributed by atoms with Gasteiger partial charge in [-0.3, -0.25) is 18.7 Å². The van der Waals surface area contributed by atoms with Gasteiger partial charge in [-0.15, -0.1) is 0 Å². The van der Waals surface area contributed by atoms with Crippen LogP contribution in [0, 0.1) is 0 Å². The second-order valence-electron chi connectivity index (χ2n) is 4.50. The first kappa shape index (κ1) is 13.9. The van der Waals surface area contributed by atoms with Gasteiger partial charge in [-0.25, -0.2) is 4.79 Å². The zero-order chi connectivity index (χ0) is 14.9. The molecule has 0 aliphatic heterocycles. The van der Waals surface area contributed by atoms with Gasteiger partial charge >= 0.3 is 5.69 Å². The van der Waals surface area contributed by atoms with Crippen molar-refractivity contribution >= 4 is 12.1 Å². The Morgan fingerprint density at radius 3 is 2.55 bits per heavy atom. The lowest BCUT2D eigenvalue weighted by Gasteiger charge is -2.22. The van der Waals surface area contributed by atoms with Crippen LogP contribution in [-0.4, -0.2) is 22.5 Å². The predicted octanol–water partition coefficient (Wildman–Crippen LogP) is 0.126. The molecule has 0 aliphatic carbocycles. The molecule has 0 bridgehead atoms. The highest BCUT2D eigenvalue weighted by molar-refractivity contribution is 5.82. The molecule has 2 heterocycles. The second kappa shape index (κ2) is 5.20. The maximum Gasteiger partial charge on any atom is 0.332 e. The second-order valence-corrected chi connectivity index (χ2v) is 4.50. The zero-order valence-corrected chi connectivity index (χ0v) is 11.5. The van der Waals surface area contributed by atoms with Crippen molar-refractivity contribution < 1.29 is 9.21 Å². The summed E-state index contributed by atoms with van der Waals surface area (Å²) >= 11 is 0. The summed E-state index contributed by atoms with van der Waals surface area (Å²) in [4.78, 5) is 36.7. The number of hydrogen-bond donors (Lipinski definition) is 0. The minimum atomic E-state index is -0.607. The largest absolute Gasteiger partial charge is 0.467 e. The van der Waals surface area contributed by atoms with Gasteiger partial charge in [0.1, 0.15) is 17.1 Å². The van der Waals surface area contributed by atoms with E-state index in [0.29, 0.717) is 18.6 Å². The number of carbonyl (C=O) groups is 1. The summed E-state index contributed by atoms with van der Waals surface area (Å²) in [5.41, 5.74) is -1.14. The molecule has 2 aromatic rings. The number of hydrogen-bond acceptors (Lipinski definition) is 5. The highest BCUT2D eigenvalue weighted by atomic mass is 16.3. The van der Waals surface area contributed by atoms with Gasteiger partial charge in [-0.1, -0.05) is 0 Å². The van der Waals surface area contributed by atoms with Gasteiger partial charge in [0.15, 0.2) is 6.29 Å². The van der Waals surface area contributed by atoms with Gasteiger partial charge in [0.25, 0.3) is 5.56 Å². The number of nitrogens with zero attached hydrogens (tertiary/aromatic N) is 3. The molecule has 0 radical (unpaired) electrons. The summed E-state index contributed by atoms with van der Waals surface area (Å²) in [6.07, 6.45) is 2.00. The van der Waals surface area contributed by atoms with Crippen LogP contribution in [0.25, 0.3) is 0 Å². The van der Waals surface area contributed by atoms with E-state index in [1.54, 1.807) is 24.1 Å². The van der Waals surface area contributed by atoms with Crippen LogP contribution in [0.1, 0.15) is 16.1 Å². The molecule has 0 N–H and O–H groups in total. The van der Waals surface area contributed by atoms with Crippen LogP contribution in [0.4, 0.5) is 5.82 Å². The van der Waals surface area contributed by atoms with Crippen molar-refractivity contribution in [1.29, 1.82) is 0 Å². The average Bonchev–Trinajstić information content (AvgIpc) is 2.92. The monoisotopic (exact) mass is 277 g/mol. The Balaban J connectivity index is 2.58. The molecule has 0 unspecified atom stereocenters. The molecule has 0 amide bonds. The van der Waals surface area contributed by atoms with Crippen molar-refractivity contribution in [2.45, 2.75) is 6.54 Å². The lowest BCUT2D eigenvalue weighted by atomic mass is 10.3. The van der Waals surface area contributed by atoms with Crippen molar-refractivity contribution in [3.05, 3.63) is 50.6 Å². The molecule has 0 aliphatic rings. The van der Waals surface area contributed by atoms with E-state index in [0.717, 1.165) is 4.57 Å². The highest BCUT2D eigenvalue weighted by Gasteiger charge is 2.18. The fourth-order valence-electron chi connectivity index (χ4n) is 2.14. The molecule has 7 nitrogen and oxygen atoms in total. The fraction of sp³-hybridized carbons (Fsp3) is 0.308. The Labute approximate surface area is 114 Å². The molecular formula is C13H15N3O4. The predicted molar refractivity (Wildman–Crippen MR) is 73.1 cm³/mol. The Morgan fingerprint density at radius 2 is 2.00 bits per heavy atom. The molecule has 0 spiro atoms. The lowest BCUT2D eigenvalue weighted by molar-refractivity contribution is 0.112. The summed E-state index contributed by atoms with van der Waals surface area (Å²) in [6, 6.07) is 3.52. The van der Waals surface area contributed by atoms with Crippen LogP contribution in [0.15, 0.2) is 32.4 Å². The molecule has 0 saturated carbocycles. The Kier molecular flexibility index (Phi) is 3.60. The van der Waals surface area contributed by atoms with E-state index < -0.39 is 11.2 Å². The fourth-order valence-corrected chi connectivity index (χ4v) is 2.14. The molecule has 0 atom stereocenters. The third kappa shape index (κ3) is 2.18. The van der Waals surface area contributed by atoms with Crippen molar-refractivity contribution in [2.24, 2.45) is 14.1 Å². The number of rotatable bonds is 4. The van der Waals surface area contributed by atoms with Gasteiger partial charge < -0.3 is 9.32 Å². The molecule has 7 heteroatoms. The quantitative estimate of drug-likeness (QED) is 0.742. The van der Waals surface area contributed by atoms with Crippen LogP contribution in [0.2, 0.25) is 0 Å². The summed E-state index contributed by atoms with van der Waals surface area (Å²) < 4.78 is 7.41. The number of carbonyl (C=O) groups excluding carboxylic acids is 1. The molecule has 0 aromatic carbocycles. The van der Waals surface area contributed by atoms with E-state index >= 15 is 0 Å². The molecular weight excluding hydrogens is 262 g/mol. The number of anilines is 1. The smallest absolute Gasteiger partial charge is 0.332 e. The molecule has 0 fully saturated rings. The first-order valence-corrected chi connectivity index (χ1v) is 5.96. The standard InChI is InChI=1S/C13H15N3O4/c1-14(7-9-5-4-6-20-9)11-10(8-17)12(18)16(3)13(19)15(11)2/h4-6,8H,7H2,1-3H3. The van der Waals surface area contributed by atoms with Crippen LogP contribution >= 0.6 is 0 Å². The van der Waals surface area contributed by atoms with Gasteiger partial charge in [0.2, 0.25) is 0 Å². The average molecular weight is 277 g/mol. The van der Waals surface area contributed by atoms with Gasteiger partial charge in [-0.05, 0) is 12.1 Å². The van der Waals surface area contributed by atoms with E-state index in [1.165, 1.54) is 24.9 Å². The first-order valence-electron chi connectivity index (χ1n) is 5.96. The Bertz CT molecular complexity index is 740. The number of aromatic nitrogens is 2. The third-order valence-electron chi connectivity index (χ3n) is 3.12. The molecule has 2 rings (SSSR count). The van der Waals surface area contributed by atoms with E-state index in [4.69, 9.17) is 4.42 Å². The first-order chi connectivity index (χ1) is 9.47. The van der Waals surface area contributed by atoms with Crippen LogP contribution in [0.3, 0.4) is 0 Å². The maximum atomic E-state index is 12.0. The van der Waals surface area contributed by atoms with Crippen LogP contribution in [-0.2, 0) is 20.6 Å². The van der Waals surface area contributed by atoms with Gasteiger partial charge in [0, 0.05) is 21.1 Å². The Hall–Kier alpha value is -2.57. The minimum absolute atomic E-state index is 0.0522. The van der Waals surface area contributed by atoms with Crippen molar-refractivity contribution in [3.8, 4) is 0 Å². The van der Waals surface area contributed by atoms with Gasteiger partial charge in [0.05, 0.1) is 12.8 Å². The molecule has 2 aromatic heterocycles. The van der Waals surface area contributed by atoms with Crippen molar-refractivity contribution in [3.63, 3.8) is 0 Å². The minimum Gasteiger partial charge on any atom is -0.467 e. The normalized spacial score (nSPS) is 10.6. The van der Waals surface area contributed by atoms with E-state index in [9.17, 15) is 14.4 Å². The summed E-state index contributed by atoms with van der Waals surface area (Å²) in [5, 5.41) is 0. The number of aldehydes is 1. The van der Waals surface area contributed by atoms with Gasteiger partial charge in [-0.2, -0.15) is 0 Å². The maximum absolute atomic E-state index is 12.0.